The van der Waals surface area contributed by atoms with Crippen LogP contribution in [0.3, 0.4) is 0 Å². The van der Waals surface area contributed by atoms with Gasteiger partial charge in [0.15, 0.2) is 11.5 Å². The summed E-state index contributed by atoms with van der Waals surface area (Å²) >= 11 is 5.15. The van der Waals surface area contributed by atoms with Crippen LogP contribution in [-0.2, 0) is 5.41 Å². The van der Waals surface area contributed by atoms with Crippen LogP contribution in [0.25, 0.3) is 0 Å². The normalized spacial score (nSPS) is 11.7. The van der Waals surface area contributed by atoms with E-state index in [0.717, 1.165) is 10.2 Å². The Bertz CT molecular complexity index is 910. The molecule has 0 aliphatic heterocycles. The summed E-state index contributed by atoms with van der Waals surface area (Å²) in [4.78, 5) is 12.6. The first kappa shape index (κ1) is 19.8. The highest BCUT2D eigenvalue weighted by molar-refractivity contribution is 7.71. The van der Waals surface area contributed by atoms with Gasteiger partial charge in [0, 0.05) is 5.41 Å². The van der Waals surface area contributed by atoms with Crippen molar-refractivity contribution in [3.05, 3.63) is 44.6 Å². The lowest BCUT2D eigenvalue weighted by atomic mass is 9.93. The van der Waals surface area contributed by atoms with Gasteiger partial charge in [0.05, 0.1) is 19.4 Å². The lowest BCUT2D eigenvalue weighted by Crippen LogP contribution is -2.32. The van der Waals surface area contributed by atoms with Gasteiger partial charge in [-0.05, 0) is 49.8 Å². The highest BCUT2D eigenvalue weighted by Gasteiger charge is 2.21. The first-order valence-electron chi connectivity index (χ1n) is 8.44. The highest BCUT2D eigenvalue weighted by Crippen LogP contribution is 2.28. The largest absolute Gasteiger partial charge is 0.490 e. The van der Waals surface area contributed by atoms with E-state index in [-0.39, 0.29) is 10.3 Å². The molecule has 1 heterocycles. The summed E-state index contributed by atoms with van der Waals surface area (Å²) in [6.45, 7) is 10.6. The van der Waals surface area contributed by atoms with Crippen LogP contribution >= 0.6 is 12.2 Å². The average molecular weight is 376 g/mol. The van der Waals surface area contributed by atoms with Gasteiger partial charge in [0.25, 0.3) is 5.56 Å². The van der Waals surface area contributed by atoms with Crippen molar-refractivity contribution in [3.63, 3.8) is 0 Å². The Morgan fingerprint density at radius 3 is 2.50 bits per heavy atom. The van der Waals surface area contributed by atoms with Crippen molar-refractivity contribution < 1.29 is 9.47 Å². The number of ether oxygens (including phenoxy) is 2. The molecule has 0 saturated heterocycles. The Hall–Kier alpha value is -2.48. The van der Waals surface area contributed by atoms with Gasteiger partial charge in [-0.1, -0.05) is 20.8 Å². The second kappa shape index (κ2) is 8.27. The summed E-state index contributed by atoms with van der Waals surface area (Å²) in [5.41, 5.74) is 0.362. The fourth-order valence-corrected chi connectivity index (χ4v) is 2.43. The van der Waals surface area contributed by atoms with E-state index in [2.05, 4.69) is 15.3 Å². The molecule has 0 aliphatic rings. The number of aromatic amines is 1. The Morgan fingerprint density at radius 2 is 1.88 bits per heavy atom. The molecule has 2 aromatic rings. The van der Waals surface area contributed by atoms with Gasteiger partial charge in [-0.2, -0.15) is 14.9 Å². The molecule has 0 spiro atoms. The number of nitrogens with zero attached hydrogens (tertiary/aromatic N) is 3. The molecule has 0 saturated carbocycles. The summed E-state index contributed by atoms with van der Waals surface area (Å²) in [7, 11) is 0. The van der Waals surface area contributed by atoms with Gasteiger partial charge in [-0.3, -0.25) is 9.89 Å². The zero-order chi connectivity index (χ0) is 19.3. The van der Waals surface area contributed by atoms with Gasteiger partial charge in [0.2, 0.25) is 4.77 Å². The van der Waals surface area contributed by atoms with Crippen molar-refractivity contribution in [2.45, 2.75) is 40.0 Å². The molecule has 7 nitrogen and oxygen atoms in total. The third-order valence-electron chi connectivity index (χ3n) is 3.45. The molecule has 1 aromatic heterocycles. The van der Waals surface area contributed by atoms with Crippen LogP contribution in [0.1, 0.15) is 45.9 Å². The van der Waals surface area contributed by atoms with Crippen molar-refractivity contribution in [1.82, 2.24) is 14.9 Å². The molecular formula is C18H24N4O3S. The second-order valence-electron chi connectivity index (χ2n) is 6.56. The maximum Gasteiger partial charge on any atom is 0.297 e. The van der Waals surface area contributed by atoms with Crippen LogP contribution < -0.4 is 15.0 Å². The van der Waals surface area contributed by atoms with Crippen molar-refractivity contribution in [2.75, 3.05) is 13.2 Å². The number of aromatic nitrogens is 3. The number of H-pyrrole nitrogens is 1. The third-order valence-corrected chi connectivity index (χ3v) is 3.72. The molecule has 0 aliphatic carbocycles. The molecule has 0 atom stereocenters. The first-order valence-corrected chi connectivity index (χ1v) is 8.85. The summed E-state index contributed by atoms with van der Waals surface area (Å²) in [5, 5.41) is 11.0. The number of hydrogen-bond donors (Lipinski definition) is 1. The topological polar surface area (TPSA) is 81.5 Å². The van der Waals surface area contributed by atoms with Gasteiger partial charge in [0.1, 0.15) is 5.69 Å². The molecule has 26 heavy (non-hydrogen) atoms. The van der Waals surface area contributed by atoms with Crippen LogP contribution in [0, 0.1) is 4.77 Å². The molecule has 8 heteroatoms. The maximum absolute atomic E-state index is 12.6. The lowest BCUT2D eigenvalue weighted by molar-refractivity contribution is 0.288. The van der Waals surface area contributed by atoms with Crippen LogP contribution in [0.4, 0.5) is 0 Å². The fourth-order valence-electron chi connectivity index (χ4n) is 2.26. The molecule has 0 bridgehead atoms. The van der Waals surface area contributed by atoms with Crippen LogP contribution in [-0.4, -0.2) is 34.3 Å². The van der Waals surface area contributed by atoms with Crippen LogP contribution in [0.5, 0.6) is 11.5 Å². The zero-order valence-corrected chi connectivity index (χ0v) is 16.5. The highest BCUT2D eigenvalue weighted by atomic mass is 32.1. The third kappa shape index (κ3) is 4.57. The summed E-state index contributed by atoms with van der Waals surface area (Å²) in [6.07, 6.45) is 1.55. The number of nitrogens with one attached hydrogen (secondary N) is 1. The molecule has 0 unspecified atom stereocenters. The predicted octanol–water partition coefficient (Wildman–Crippen LogP) is 3.28. The van der Waals surface area contributed by atoms with Crippen LogP contribution in [0.15, 0.2) is 28.1 Å². The quantitative estimate of drug-likeness (QED) is 0.618. The van der Waals surface area contributed by atoms with E-state index in [1.807, 2.05) is 52.8 Å². The van der Waals surface area contributed by atoms with E-state index in [1.165, 1.54) is 0 Å². The molecular weight excluding hydrogens is 352 g/mol. The molecule has 1 aromatic carbocycles. The monoisotopic (exact) mass is 376 g/mol. The van der Waals surface area contributed by atoms with E-state index in [9.17, 15) is 4.79 Å². The molecule has 0 fully saturated rings. The van der Waals surface area contributed by atoms with Crippen LogP contribution in [0.2, 0.25) is 0 Å². The SMILES string of the molecule is CCOc1ccc(/C=N\n2c(=S)[nH]nc(C(C)(C)C)c2=O)cc1OCC. The number of benzene rings is 1. The van der Waals surface area contributed by atoms with E-state index in [1.54, 1.807) is 6.21 Å². The first-order chi connectivity index (χ1) is 12.3. The van der Waals surface area contributed by atoms with Crippen molar-refractivity contribution in [2.24, 2.45) is 5.10 Å². The van der Waals surface area contributed by atoms with Gasteiger partial charge in [-0.15, -0.1) is 0 Å². The Labute approximate surface area is 157 Å². The molecule has 2 rings (SSSR count). The minimum Gasteiger partial charge on any atom is -0.490 e. The van der Waals surface area contributed by atoms with Crippen molar-refractivity contribution in [3.8, 4) is 11.5 Å². The van der Waals surface area contributed by atoms with Gasteiger partial charge in [-0.25, -0.2) is 0 Å². The van der Waals surface area contributed by atoms with E-state index in [0.29, 0.717) is 30.4 Å². The zero-order valence-electron chi connectivity index (χ0n) is 15.7. The molecule has 0 radical (unpaired) electrons. The van der Waals surface area contributed by atoms with E-state index >= 15 is 0 Å². The molecule has 0 amide bonds. The van der Waals surface area contributed by atoms with Crippen molar-refractivity contribution in [1.29, 1.82) is 0 Å². The average Bonchev–Trinajstić information content (AvgIpc) is 2.56. The van der Waals surface area contributed by atoms with E-state index in [4.69, 9.17) is 21.7 Å². The van der Waals surface area contributed by atoms with Gasteiger partial charge >= 0.3 is 0 Å². The fraction of sp³-hybridized carbons (Fsp3) is 0.444. The second-order valence-corrected chi connectivity index (χ2v) is 6.95. The summed E-state index contributed by atoms with van der Waals surface area (Å²) < 4.78 is 12.4. The van der Waals surface area contributed by atoms with Crippen molar-refractivity contribution >= 4 is 18.4 Å². The summed E-state index contributed by atoms with van der Waals surface area (Å²) in [6, 6.07) is 5.45. The number of rotatable bonds is 6. The molecule has 1 N–H and O–H groups in total. The lowest BCUT2D eigenvalue weighted by Gasteiger charge is -2.16. The van der Waals surface area contributed by atoms with E-state index < -0.39 is 5.41 Å². The maximum atomic E-state index is 12.6. The Morgan fingerprint density at radius 1 is 1.23 bits per heavy atom. The van der Waals surface area contributed by atoms with Gasteiger partial charge < -0.3 is 9.47 Å². The predicted molar refractivity (Wildman–Crippen MR) is 104 cm³/mol. The minimum absolute atomic E-state index is 0.134. The summed E-state index contributed by atoms with van der Waals surface area (Å²) in [5.74, 6) is 1.29. The Kier molecular flexibility index (Phi) is 6.31. The number of hydrogen-bond acceptors (Lipinski definition) is 6. The molecule has 140 valence electrons. The smallest absolute Gasteiger partial charge is 0.297 e. The Balaban J connectivity index is 2.43. The minimum atomic E-state index is -0.421. The standard InChI is InChI=1S/C18H24N4O3S/c1-6-24-13-9-8-12(10-14(13)25-7-2)11-19-22-16(23)15(18(3,4)5)20-21-17(22)26/h8-11H,6-7H2,1-5H3,(H,21,26)/b19-11-.